The van der Waals surface area contributed by atoms with E-state index in [-0.39, 0.29) is 35.3 Å². The Balaban J connectivity index is 0.00000261. The monoisotopic (exact) mass is 492 g/mol. The van der Waals surface area contributed by atoms with Crippen LogP contribution in [0.5, 0.6) is 0 Å². The normalized spacial score (nSPS) is 27.2. The number of nitrogens with one attached hydrogen (secondary N) is 2. The molecule has 0 radical (unpaired) electrons. The van der Waals surface area contributed by atoms with Crippen LogP contribution in [0.2, 0.25) is 0 Å². The molecule has 6 nitrogen and oxygen atoms in total. The van der Waals surface area contributed by atoms with E-state index in [1.807, 2.05) is 0 Å². The van der Waals surface area contributed by atoms with Gasteiger partial charge in [0.15, 0.2) is 5.96 Å². The van der Waals surface area contributed by atoms with Gasteiger partial charge in [0.2, 0.25) is 5.91 Å². The topological polar surface area (TPSA) is 66.0 Å². The lowest BCUT2D eigenvalue weighted by molar-refractivity contribution is -0.119. The molecule has 2 aliphatic heterocycles. The predicted octanol–water partition coefficient (Wildman–Crippen LogP) is 2.91. The molecule has 3 rings (SSSR count). The lowest BCUT2D eigenvalue weighted by Crippen LogP contribution is -2.51. The SMILES string of the molecule is CCNC(=NCCOC1CCCCCC1)N1CCCC2(CNC(=O)C2)C1.I. The summed E-state index contributed by atoms with van der Waals surface area (Å²) in [6.07, 6.45) is 11.1. The third-order valence-corrected chi connectivity index (χ3v) is 6.00. The van der Waals surface area contributed by atoms with Gasteiger partial charge in [-0.25, -0.2) is 0 Å². The number of guanidine groups is 1. The molecule has 2 heterocycles. The average Bonchev–Trinajstić information content (AvgIpc) is 2.85. The van der Waals surface area contributed by atoms with Crippen molar-refractivity contribution in [2.45, 2.75) is 70.8 Å². The van der Waals surface area contributed by atoms with Crippen LogP contribution in [0.3, 0.4) is 0 Å². The molecule has 1 atom stereocenters. The molecule has 27 heavy (non-hydrogen) atoms. The molecule has 0 aromatic heterocycles. The molecule has 1 saturated carbocycles. The lowest BCUT2D eigenvalue weighted by atomic mass is 9.79. The number of hydrogen-bond donors (Lipinski definition) is 2. The molecular formula is C20H37IN4O2. The van der Waals surface area contributed by atoms with Gasteiger partial charge in [0.25, 0.3) is 0 Å². The summed E-state index contributed by atoms with van der Waals surface area (Å²) in [5, 5.41) is 6.45. The number of carbonyl (C=O) groups excluding carboxylic acids is 1. The first-order valence-electron chi connectivity index (χ1n) is 10.6. The Morgan fingerprint density at radius 2 is 2.07 bits per heavy atom. The third-order valence-electron chi connectivity index (χ3n) is 6.00. The molecule has 7 heteroatoms. The van der Waals surface area contributed by atoms with Crippen molar-refractivity contribution in [1.29, 1.82) is 0 Å². The molecule has 0 aromatic rings. The van der Waals surface area contributed by atoms with Gasteiger partial charge in [-0.2, -0.15) is 0 Å². The summed E-state index contributed by atoms with van der Waals surface area (Å²) >= 11 is 0. The first-order valence-corrected chi connectivity index (χ1v) is 10.6. The fraction of sp³-hybridized carbons (Fsp3) is 0.900. The van der Waals surface area contributed by atoms with Crippen LogP contribution in [0.4, 0.5) is 0 Å². The highest BCUT2D eigenvalue weighted by atomic mass is 127. The van der Waals surface area contributed by atoms with Crippen LogP contribution in [-0.2, 0) is 9.53 Å². The van der Waals surface area contributed by atoms with Crippen molar-refractivity contribution in [2.24, 2.45) is 10.4 Å². The molecule has 0 bridgehead atoms. The highest BCUT2D eigenvalue weighted by molar-refractivity contribution is 14.0. The second-order valence-electron chi connectivity index (χ2n) is 8.20. The van der Waals surface area contributed by atoms with Crippen molar-refractivity contribution in [3.8, 4) is 0 Å². The third kappa shape index (κ3) is 6.76. The number of rotatable bonds is 5. The van der Waals surface area contributed by atoms with Crippen molar-refractivity contribution in [3.63, 3.8) is 0 Å². The fourth-order valence-electron chi connectivity index (χ4n) is 4.63. The predicted molar refractivity (Wildman–Crippen MR) is 120 cm³/mol. The summed E-state index contributed by atoms with van der Waals surface area (Å²) in [5.41, 5.74) is 0.0996. The first kappa shape index (κ1) is 22.7. The van der Waals surface area contributed by atoms with Crippen molar-refractivity contribution in [1.82, 2.24) is 15.5 Å². The zero-order valence-corrected chi connectivity index (χ0v) is 19.1. The first-order chi connectivity index (χ1) is 12.7. The van der Waals surface area contributed by atoms with Gasteiger partial charge in [-0.05, 0) is 32.6 Å². The molecule has 1 amide bonds. The van der Waals surface area contributed by atoms with E-state index in [9.17, 15) is 4.79 Å². The van der Waals surface area contributed by atoms with E-state index in [0.29, 0.717) is 25.7 Å². The zero-order valence-electron chi connectivity index (χ0n) is 16.8. The number of amides is 1. The van der Waals surface area contributed by atoms with Crippen LogP contribution in [-0.4, -0.2) is 62.2 Å². The van der Waals surface area contributed by atoms with Gasteiger partial charge in [0, 0.05) is 38.0 Å². The minimum absolute atomic E-state index is 0. The minimum atomic E-state index is 0. The van der Waals surface area contributed by atoms with Crippen LogP contribution < -0.4 is 10.6 Å². The maximum Gasteiger partial charge on any atom is 0.220 e. The zero-order chi connectivity index (χ0) is 18.2. The molecule has 156 valence electrons. The molecule has 1 unspecified atom stereocenters. The van der Waals surface area contributed by atoms with E-state index in [0.717, 1.165) is 45.0 Å². The summed E-state index contributed by atoms with van der Waals surface area (Å²) in [6.45, 7) is 7.14. The molecular weight excluding hydrogens is 455 g/mol. The Kier molecular flexibility index (Phi) is 9.62. The Hall–Kier alpha value is -0.570. The van der Waals surface area contributed by atoms with Crippen molar-refractivity contribution in [3.05, 3.63) is 0 Å². The molecule has 0 aromatic carbocycles. The average molecular weight is 492 g/mol. The van der Waals surface area contributed by atoms with Crippen molar-refractivity contribution < 1.29 is 9.53 Å². The number of piperidine rings is 1. The molecule has 2 saturated heterocycles. The van der Waals surface area contributed by atoms with Crippen LogP contribution in [0, 0.1) is 5.41 Å². The summed E-state index contributed by atoms with van der Waals surface area (Å²) in [4.78, 5) is 18.9. The van der Waals surface area contributed by atoms with Gasteiger partial charge in [0.1, 0.15) is 0 Å². The smallest absolute Gasteiger partial charge is 0.220 e. The standard InChI is InChI=1S/C20H36N4O2.HI/c1-2-21-19(22-11-13-26-17-8-5-3-4-6-9-17)24-12-7-10-20(16-24)14-18(25)23-15-20;/h17H,2-16H2,1H3,(H,21,22)(H,23,25);1H. The quantitative estimate of drug-likeness (QED) is 0.204. The fourth-order valence-corrected chi connectivity index (χ4v) is 4.63. The van der Waals surface area contributed by atoms with Gasteiger partial charge in [-0.15, -0.1) is 24.0 Å². The van der Waals surface area contributed by atoms with Gasteiger partial charge in [-0.3, -0.25) is 9.79 Å². The number of carbonyl (C=O) groups is 1. The largest absolute Gasteiger partial charge is 0.376 e. The lowest BCUT2D eigenvalue weighted by Gasteiger charge is -2.40. The number of ether oxygens (including phenoxy) is 1. The van der Waals surface area contributed by atoms with E-state index in [1.54, 1.807) is 0 Å². The van der Waals surface area contributed by atoms with E-state index < -0.39 is 0 Å². The summed E-state index contributed by atoms with van der Waals surface area (Å²) in [6, 6.07) is 0. The van der Waals surface area contributed by atoms with E-state index >= 15 is 0 Å². The highest BCUT2D eigenvalue weighted by Crippen LogP contribution is 2.36. The molecule has 1 spiro atoms. The van der Waals surface area contributed by atoms with Crippen LogP contribution >= 0.6 is 24.0 Å². The summed E-state index contributed by atoms with van der Waals surface area (Å²) in [7, 11) is 0. The van der Waals surface area contributed by atoms with Crippen LogP contribution in [0.25, 0.3) is 0 Å². The van der Waals surface area contributed by atoms with Gasteiger partial charge < -0.3 is 20.3 Å². The van der Waals surface area contributed by atoms with Crippen LogP contribution in [0.15, 0.2) is 4.99 Å². The highest BCUT2D eigenvalue weighted by Gasteiger charge is 2.42. The Bertz CT molecular complexity index is 494. The maximum absolute atomic E-state index is 11.7. The van der Waals surface area contributed by atoms with Crippen molar-refractivity contribution >= 4 is 35.8 Å². The Labute approximate surface area is 181 Å². The van der Waals surface area contributed by atoms with E-state index in [2.05, 4.69) is 22.5 Å². The van der Waals surface area contributed by atoms with Gasteiger partial charge >= 0.3 is 0 Å². The maximum atomic E-state index is 11.7. The number of hydrogen-bond acceptors (Lipinski definition) is 3. The second-order valence-corrected chi connectivity index (χ2v) is 8.20. The van der Waals surface area contributed by atoms with Crippen molar-refractivity contribution in [2.75, 3.05) is 39.3 Å². The van der Waals surface area contributed by atoms with Gasteiger partial charge in [-0.1, -0.05) is 25.7 Å². The van der Waals surface area contributed by atoms with Crippen LogP contribution in [0.1, 0.15) is 64.7 Å². The summed E-state index contributed by atoms with van der Waals surface area (Å²) < 4.78 is 6.08. The number of aliphatic imine (C=N–C) groups is 1. The Morgan fingerprint density at radius 1 is 1.30 bits per heavy atom. The summed E-state index contributed by atoms with van der Waals surface area (Å²) in [5.74, 6) is 1.18. The van der Waals surface area contributed by atoms with E-state index in [4.69, 9.17) is 9.73 Å². The molecule has 1 aliphatic carbocycles. The number of nitrogens with zero attached hydrogens (tertiary/aromatic N) is 2. The Morgan fingerprint density at radius 3 is 2.74 bits per heavy atom. The second kappa shape index (κ2) is 11.4. The van der Waals surface area contributed by atoms with E-state index in [1.165, 1.54) is 38.5 Å². The molecule has 3 fully saturated rings. The molecule has 3 aliphatic rings. The van der Waals surface area contributed by atoms with Gasteiger partial charge in [0.05, 0.1) is 19.3 Å². The minimum Gasteiger partial charge on any atom is -0.376 e. The number of halogens is 1. The molecule has 2 N–H and O–H groups in total. The number of likely N-dealkylation sites (tertiary alicyclic amines) is 1.